The van der Waals surface area contributed by atoms with E-state index in [1.54, 1.807) is 0 Å². The lowest BCUT2D eigenvalue weighted by Crippen LogP contribution is -2.21. The molecule has 0 saturated heterocycles. The first-order valence-electron chi connectivity index (χ1n) is 4.57. The van der Waals surface area contributed by atoms with Crippen LogP contribution in [0.25, 0.3) is 0 Å². The zero-order valence-electron chi connectivity index (χ0n) is 8.59. The SMILES string of the molecule is CCO[SiH](CC=C(C)C)OCC. The second-order valence-corrected chi connectivity index (χ2v) is 4.85. The third-order valence-corrected chi connectivity index (χ3v) is 3.45. The molecule has 0 amide bonds. The number of hydrogen-bond donors (Lipinski definition) is 0. The highest BCUT2D eigenvalue weighted by Gasteiger charge is 2.08. The molecule has 0 aliphatic carbocycles. The quantitative estimate of drug-likeness (QED) is 0.470. The van der Waals surface area contributed by atoms with Crippen molar-refractivity contribution < 1.29 is 8.85 Å². The average molecular weight is 188 g/mol. The molecule has 0 N–H and O–H groups in total. The lowest BCUT2D eigenvalue weighted by atomic mass is 10.3. The van der Waals surface area contributed by atoms with Crippen LogP contribution < -0.4 is 0 Å². The largest absolute Gasteiger partial charge is 0.397 e. The van der Waals surface area contributed by atoms with Crippen molar-refractivity contribution in [3.05, 3.63) is 11.6 Å². The van der Waals surface area contributed by atoms with Gasteiger partial charge in [0.15, 0.2) is 0 Å². The van der Waals surface area contributed by atoms with E-state index in [4.69, 9.17) is 8.85 Å². The van der Waals surface area contributed by atoms with Crippen LogP contribution in [0.4, 0.5) is 0 Å². The maximum Gasteiger partial charge on any atom is 0.325 e. The molecule has 0 spiro atoms. The van der Waals surface area contributed by atoms with Crippen LogP contribution in [0.5, 0.6) is 0 Å². The molecular formula is C9H20O2Si. The van der Waals surface area contributed by atoms with Gasteiger partial charge in [-0.05, 0) is 27.7 Å². The first-order valence-corrected chi connectivity index (χ1v) is 6.33. The fraction of sp³-hybridized carbons (Fsp3) is 0.778. The third kappa shape index (κ3) is 6.58. The maximum atomic E-state index is 5.50. The molecule has 0 aromatic heterocycles. The van der Waals surface area contributed by atoms with E-state index >= 15 is 0 Å². The van der Waals surface area contributed by atoms with Crippen molar-refractivity contribution in [2.75, 3.05) is 13.2 Å². The van der Waals surface area contributed by atoms with E-state index < -0.39 is 9.28 Å². The molecule has 12 heavy (non-hydrogen) atoms. The van der Waals surface area contributed by atoms with Crippen LogP contribution in [0.15, 0.2) is 11.6 Å². The minimum Gasteiger partial charge on any atom is -0.397 e. The minimum atomic E-state index is -1.37. The summed E-state index contributed by atoms with van der Waals surface area (Å²) in [4.78, 5) is 0. The number of rotatable bonds is 6. The Morgan fingerprint density at radius 2 is 1.67 bits per heavy atom. The Morgan fingerprint density at radius 3 is 2.00 bits per heavy atom. The lowest BCUT2D eigenvalue weighted by molar-refractivity contribution is 0.216. The van der Waals surface area contributed by atoms with E-state index in [0.717, 1.165) is 19.3 Å². The van der Waals surface area contributed by atoms with Gasteiger partial charge in [-0.15, -0.1) is 0 Å². The zero-order chi connectivity index (χ0) is 9.40. The highest BCUT2D eigenvalue weighted by Crippen LogP contribution is 2.01. The van der Waals surface area contributed by atoms with Gasteiger partial charge in [0.25, 0.3) is 0 Å². The molecule has 0 aromatic carbocycles. The summed E-state index contributed by atoms with van der Waals surface area (Å²) in [5.74, 6) is 0. The summed E-state index contributed by atoms with van der Waals surface area (Å²) < 4.78 is 11.0. The van der Waals surface area contributed by atoms with Crippen LogP contribution in [-0.2, 0) is 8.85 Å². The third-order valence-electron chi connectivity index (χ3n) is 1.42. The standard InChI is InChI=1S/C9H20O2Si/c1-5-10-12(11-6-2)8-7-9(3)4/h7,12H,5-6,8H2,1-4H3. The Morgan fingerprint density at radius 1 is 1.17 bits per heavy atom. The topological polar surface area (TPSA) is 18.5 Å². The Bertz CT molecular complexity index is 124. The first kappa shape index (κ1) is 11.9. The summed E-state index contributed by atoms with van der Waals surface area (Å²) in [6.07, 6.45) is 2.20. The van der Waals surface area contributed by atoms with Crippen molar-refractivity contribution in [2.45, 2.75) is 33.7 Å². The maximum absolute atomic E-state index is 5.50. The average Bonchev–Trinajstić information content (AvgIpc) is 2.01. The van der Waals surface area contributed by atoms with Gasteiger partial charge in [-0.2, -0.15) is 0 Å². The molecule has 0 heterocycles. The molecule has 3 heteroatoms. The molecule has 2 nitrogen and oxygen atoms in total. The summed E-state index contributed by atoms with van der Waals surface area (Å²) >= 11 is 0. The van der Waals surface area contributed by atoms with Gasteiger partial charge < -0.3 is 8.85 Å². The minimum absolute atomic E-state index is 0.771. The summed E-state index contributed by atoms with van der Waals surface area (Å²) in [6.45, 7) is 9.77. The van der Waals surface area contributed by atoms with Crippen LogP contribution in [0, 0.1) is 0 Å². The molecule has 0 radical (unpaired) electrons. The number of hydrogen-bond acceptors (Lipinski definition) is 2. The summed E-state index contributed by atoms with van der Waals surface area (Å²) in [6, 6.07) is 0.990. The normalized spacial score (nSPS) is 10.4. The van der Waals surface area contributed by atoms with Crippen molar-refractivity contribution in [3.8, 4) is 0 Å². The van der Waals surface area contributed by atoms with Crippen LogP contribution in [0.2, 0.25) is 6.04 Å². The predicted molar refractivity (Wildman–Crippen MR) is 54.6 cm³/mol. The molecule has 0 saturated carbocycles. The molecule has 0 aliphatic heterocycles. The molecule has 0 aliphatic rings. The van der Waals surface area contributed by atoms with Crippen molar-refractivity contribution >= 4 is 9.28 Å². The Balaban J connectivity index is 3.69. The van der Waals surface area contributed by atoms with Crippen molar-refractivity contribution in [3.63, 3.8) is 0 Å². The van der Waals surface area contributed by atoms with Gasteiger partial charge in [0.05, 0.1) is 0 Å². The number of allylic oxidation sites excluding steroid dienone is 2. The highest BCUT2D eigenvalue weighted by molar-refractivity contribution is 6.45. The Labute approximate surface area is 77.4 Å². The second kappa shape index (κ2) is 7.52. The Kier molecular flexibility index (Phi) is 7.44. The van der Waals surface area contributed by atoms with E-state index in [1.807, 2.05) is 13.8 Å². The fourth-order valence-corrected chi connectivity index (χ4v) is 2.66. The van der Waals surface area contributed by atoms with E-state index in [9.17, 15) is 0 Å². The Hall–Kier alpha value is -0.123. The van der Waals surface area contributed by atoms with Crippen molar-refractivity contribution in [1.29, 1.82) is 0 Å². The van der Waals surface area contributed by atoms with E-state index in [2.05, 4.69) is 19.9 Å². The van der Waals surface area contributed by atoms with Crippen molar-refractivity contribution in [1.82, 2.24) is 0 Å². The molecule has 0 unspecified atom stereocenters. The van der Waals surface area contributed by atoms with Crippen LogP contribution in [-0.4, -0.2) is 22.5 Å². The molecule has 0 aromatic rings. The van der Waals surface area contributed by atoms with Crippen LogP contribution in [0.3, 0.4) is 0 Å². The van der Waals surface area contributed by atoms with E-state index in [-0.39, 0.29) is 0 Å². The molecule has 0 fully saturated rings. The molecule has 72 valence electrons. The van der Waals surface area contributed by atoms with Gasteiger partial charge in [-0.1, -0.05) is 11.6 Å². The lowest BCUT2D eigenvalue weighted by Gasteiger charge is -2.12. The summed E-state index contributed by atoms with van der Waals surface area (Å²) in [5, 5.41) is 0. The van der Waals surface area contributed by atoms with Crippen molar-refractivity contribution in [2.24, 2.45) is 0 Å². The molecule has 0 rings (SSSR count). The molecular weight excluding hydrogens is 168 g/mol. The van der Waals surface area contributed by atoms with Crippen LogP contribution in [0.1, 0.15) is 27.7 Å². The fourth-order valence-electron chi connectivity index (χ4n) is 0.888. The van der Waals surface area contributed by atoms with Gasteiger partial charge >= 0.3 is 9.28 Å². The summed E-state index contributed by atoms with van der Waals surface area (Å²) in [5.41, 5.74) is 1.34. The first-order chi connectivity index (χ1) is 5.70. The monoisotopic (exact) mass is 188 g/mol. The van der Waals surface area contributed by atoms with Gasteiger partial charge in [0, 0.05) is 19.3 Å². The van der Waals surface area contributed by atoms with Gasteiger partial charge in [0.2, 0.25) is 0 Å². The molecule has 0 bridgehead atoms. The molecule has 0 atom stereocenters. The smallest absolute Gasteiger partial charge is 0.325 e. The highest BCUT2D eigenvalue weighted by atomic mass is 28.3. The zero-order valence-corrected chi connectivity index (χ0v) is 9.75. The predicted octanol–water partition coefficient (Wildman–Crippen LogP) is 2.25. The van der Waals surface area contributed by atoms with Gasteiger partial charge in [-0.25, -0.2) is 0 Å². The second-order valence-electron chi connectivity index (χ2n) is 2.86. The van der Waals surface area contributed by atoms with Gasteiger partial charge in [-0.3, -0.25) is 0 Å². The van der Waals surface area contributed by atoms with E-state index in [1.165, 1.54) is 5.57 Å². The van der Waals surface area contributed by atoms with Gasteiger partial charge in [0.1, 0.15) is 0 Å². The van der Waals surface area contributed by atoms with E-state index in [0.29, 0.717) is 0 Å². The summed E-state index contributed by atoms with van der Waals surface area (Å²) in [7, 11) is -1.37. The van der Waals surface area contributed by atoms with Crippen LogP contribution >= 0.6 is 0 Å².